The van der Waals surface area contributed by atoms with Gasteiger partial charge in [0.15, 0.2) is 14.6 Å². The maximum absolute atomic E-state index is 12.7. The molecule has 0 spiro atoms. The standard InChI is InChI=1S/C24H15Cl5O4/c25-22(15-9-5-2-6-10-15)17-12-11-16(13-18(17)23(26,27)24(22,28)29)33-21(32)19(20(30)31)14-7-3-1-4-8-14/h1-13,19H,(H,30,31). The van der Waals surface area contributed by atoms with E-state index in [9.17, 15) is 14.7 Å². The number of carbonyl (C=O) groups is 2. The van der Waals surface area contributed by atoms with Gasteiger partial charge in [0.25, 0.3) is 0 Å². The van der Waals surface area contributed by atoms with E-state index in [1.165, 1.54) is 24.3 Å². The van der Waals surface area contributed by atoms with E-state index in [0.717, 1.165) is 0 Å². The van der Waals surface area contributed by atoms with Crippen molar-refractivity contribution in [3.63, 3.8) is 0 Å². The van der Waals surface area contributed by atoms with Crippen LogP contribution in [0.25, 0.3) is 0 Å². The molecule has 1 N–H and O–H groups in total. The highest BCUT2D eigenvalue weighted by Crippen LogP contribution is 2.70. The van der Waals surface area contributed by atoms with E-state index in [-0.39, 0.29) is 16.9 Å². The third kappa shape index (κ3) is 3.78. The molecule has 3 aromatic rings. The first-order valence-corrected chi connectivity index (χ1v) is 11.6. The van der Waals surface area contributed by atoms with Crippen molar-refractivity contribution in [2.75, 3.05) is 0 Å². The van der Waals surface area contributed by atoms with Gasteiger partial charge in [0.05, 0.1) is 0 Å². The van der Waals surface area contributed by atoms with E-state index in [2.05, 4.69) is 0 Å². The molecule has 33 heavy (non-hydrogen) atoms. The molecular weight excluding hydrogens is 530 g/mol. The number of carbonyl (C=O) groups excluding carboxylic acids is 1. The number of aliphatic carboxylic acids is 1. The second kappa shape index (κ2) is 8.68. The van der Waals surface area contributed by atoms with Gasteiger partial charge in [0.2, 0.25) is 0 Å². The minimum absolute atomic E-state index is 0.0183. The fraction of sp³-hybridized carbons (Fsp3) is 0.167. The molecule has 4 nitrogen and oxygen atoms in total. The summed E-state index contributed by atoms with van der Waals surface area (Å²) in [6.07, 6.45) is 0. The summed E-state index contributed by atoms with van der Waals surface area (Å²) in [6.45, 7) is 0. The number of benzene rings is 3. The highest BCUT2D eigenvalue weighted by Gasteiger charge is 2.69. The first-order valence-electron chi connectivity index (χ1n) is 9.66. The van der Waals surface area contributed by atoms with Gasteiger partial charge in [-0.15, -0.1) is 11.6 Å². The average Bonchev–Trinajstić information content (AvgIpc) is 2.90. The number of hydrogen-bond acceptors (Lipinski definition) is 3. The summed E-state index contributed by atoms with van der Waals surface area (Å²) in [5.41, 5.74) is 1.53. The molecule has 0 aromatic heterocycles. The predicted molar refractivity (Wildman–Crippen MR) is 130 cm³/mol. The van der Waals surface area contributed by atoms with E-state index >= 15 is 0 Å². The van der Waals surface area contributed by atoms with E-state index in [1.807, 2.05) is 6.07 Å². The molecule has 3 aromatic carbocycles. The molecule has 0 amide bonds. The van der Waals surface area contributed by atoms with Crippen LogP contribution in [0.5, 0.6) is 5.75 Å². The summed E-state index contributed by atoms with van der Waals surface area (Å²) in [6, 6.07) is 21.3. The van der Waals surface area contributed by atoms with Crippen molar-refractivity contribution in [3.05, 3.63) is 101 Å². The largest absolute Gasteiger partial charge is 0.480 e. The van der Waals surface area contributed by atoms with Crippen molar-refractivity contribution in [3.8, 4) is 5.75 Å². The Kier molecular flexibility index (Phi) is 6.36. The monoisotopic (exact) mass is 542 g/mol. The second-order valence-corrected chi connectivity index (χ2v) is 10.7. The van der Waals surface area contributed by atoms with Crippen LogP contribution in [-0.2, 0) is 18.8 Å². The number of fused-ring (bicyclic) bond motifs is 1. The molecule has 0 heterocycles. The SMILES string of the molecule is O=C(O)C(C(=O)Oc1ccc2c(c1)C(Cl)(Cl)C(Cl)(Cl)C2(Cl)c1ccccc1)c1ccccc1. The van der Waals surface area contributed by atoms with Crippen molar-refractivity contribution >= 4 is 69.9 Å². The predicted octanol–water partition coefficient (Wildman–Crippen LogP) is 6.76. The van der Waals surface area contributed by atoms with E-state index in [1.54, 1.807) is 48.5 Å². The fourth-order valence-corrected chi connectivity index (χ4v) is 5.66. The average molecular weight is 545 g/mol. The first-order chi connectivity index (χ1) is 15.5. The lowest BCUT2D eigenvalue weighted by atomic mass is 9.91. The first kappa shape index (κ1) is 24.2. The van der Waals surface area contributed by atoms with Crippen molar-refractivity contribution < 1.29 is 19.4 Å². The Balaban J connectivity index is 1.75. The van der Waals surface area contributed by atoms with Crippen molar-refractivity contribution in [1.82, 2.24) is 0 Å². The van der Waals surface area contributed by atoms with E-state index in [0.29, 0.717) is 11.1 Å². The molecule has 0 fully saturated rings. The fourth-order valence-electron chi connectivity index (χ4n) is 3.91. The Labute approximate surface area is 214 Å². The van der Waals surface area contributed by atoms with Crippen LogP contribution >= 0.6 is 58.0 Å². The summed E-state index contributed by atoms with van der Waals surface area (Å²) >= 11 is 33.6. The molecule has 9 heteroatoms. The molecule has 2 atom stereocenters. The third-order valence-electron chi connectivity index (χ3n) is 5.53. The number of carboxylic acids is 1. The number of ether oxygens (including phenoxy) is 1. The second-order valence-electron chi connectivity index (χ2n) is 7.48. The number of carboxylic acid groups (broad SMARTS) is 1. The van der Waals surface area contributed by atoms with Crippen molar-refractivity contribution in [2.45, 2.75) is 19.5 Å². The molecule has 0 saturated carbocycles. The Morgan fingerprint density at radius 2 is 1.36 bits per heavy atom. The minimum atomic E-state index is -1.90. The molecule has 0 radical (unpaired) electrons. The summed E-state index contributed by atoms with van der Waals surface area (Å²) in [4.78, 5) is 23.0. The van der Waals surface area contributed by atoms with E-state index in [4.69, 9.17) is 62.7 Å². The lowest BCUT2D eigenvalue weighted by Crippen LogP contribution is -2.43. The summed E-state index contributed by atoms with van der Waals surface area (Å²) in [5.74, 6) is -3.83. The molecule has 1 aliphatic rings. The van der Waals surface area contributed by atoms with Gasteiger partial charge in [-0.2, -0.15) is 0 Å². The summed E-state index contributed by atoms with van der Waals surface area (Å²) in [7, 11) is 0. The van der Waals surface area contributed by atoms with Crippen LogP contribution in [0, 0.1) is 0 Å². The molecule has 0 bridgehead atoms. The normalized spacial score (nSPS) is 21.1. The van der Waals surface area contributed by atoms with Crippen LogP contribution in [0.3, 0.4) is 0 Å². The zero-order valence-corrected chi connectivity index (χ0v) is 20.4. The smallest absolute Gasteiger partial charge is 0.330 e. The Morgan fingerprint density at radius 1 is 0.788 bits per heavy atom. The lowest BCUT2D eigenvalue weighted by Gasteiger charge is -2.37. The van der Waals surface area contributed by atoms with Crippen molar-refractivity contribution in [2.24, 2.45) is 0 Å². The third-order valence-corrected chi connectivity index (χ3v) is 8.93. The Bertz CT molecular complexity index is 1210. The van der Waals surface area contributed by atoms with Gasteiger partial charge in [-0.25, -0.2) is 0 Å². The topological polar surface area (TPSA) is 63.6 Å². The van der Waals surface area contributed by atoms with Gasteiger partial charge in [-0.1, -0.05) is 113 Å². The van der Waals surface area contributed by atoms with Gasteiger partial charge in [0.1, 0.15) is 10.6 Å². The van der Waals surface area contributed by atoms with Gasteiger partial charge >= 0.3 is 11.9 Å². The van der Waals surface area contributed by atoms with Gasteiger partial charge < -0.3 is 9.84 Å². The number of hydrogen-bond donors (Lipinski definition) is 1. The molecule has 1 aliphatic carbocycles. The number of rotatable bonds is 5. The molecule has 0 saturated heterocycles. The maximum Gasteiger partial charge on any atom is 0.330 e. The van der Waals surface area contributed by atoms with Crippen molar-refractivity contribution in [1.29, 1.82) is 0 Å². The number of halogens is 5. The van der Waals surface area contributed by atoms with Crippen LogP contribution in [0.1, 0.15) is 28.2 Å². The van der Waals surface area contributed by atoms with Gasteiger partial charge in [-0.3, -0.25) is 9.59 Å². The van der Waals surface area contributed by atoms with E-state index < -0.39 is 31.4 Å². The zero-order valence-electron chi connectivity index (χ0n) is 16.6. The Morgan fingerprint density at radius 3 is 1.94 bits per heavy atom. The quantitative estimate of drug-likeness (QED) is 0.167. The lowest BCUT2D eigenvalue weighted by molar-refractivity contribution is -0.148. The molecule has 2 unspecified atom stereocenters. The molecule has 4 rings (SSSR count). The highest BCUT2D eigenvalue weighted by atomic mass is 35.5. The van der Waals surface area contributed by atoms with Gasteiger partial charge in [0, 0.05) is 5.56 Å². The number of alkyl halides is 5. The Hall–Kier alpha value is -1.95. The van der Waals surface area contributed by atoms with Crippen LogP contribution in [0.15, 0.2) is 78.9 Å². The summed E-state index contributed by atoms with van der Waals surface area (Å²) in [5, 5.41) is 9.58. The molecule has 0 aliphatic heterocycles. The molecular formula is C24H15Cl5O4. The maximum atomic E-state index is 12.7. The van der Waals surface area contributed by atoms with Crippen LogP contribution in [-0.4, -0.2) is 21.4 Å². The highest BCUT2D eigenvalue weighted by molar-refractivity contribution is 6.66. The molecule has 170 valence electrons. The van der Waals surface area contributed by atoms with Crippen LogP contribution in [0.2, 0.25) is 0 Å². The minimum Gasteiger partial charge on any atom is -0.480 e. The summed E-state index contributed by atoms with van der Waals surface area (Å²) < 4.78 is 1.61. The van der Waals surface area contributed by atoms with Gasteiger partial charge in [-0.05, 0) is 28.8 Å². The number of esters is 1. The van der Waals surface area contributed by atoms with Crippen LogP contribution in [0.4, 0.5) is 0 Å². The zero-order chi connectivity index (χ0) is 24.0. The van der Waals surface area contributed by atoms with Crippen LogP contribution < -0.4 is 4.74 Å².